The van der Waals surface area contributed by atoms with E-state index in [2.05, 4.69) is 15.9 Å². The van der Waals surface area contributed by atoms with Crippen LogP contribution >= 0.6 is 27.5 Å². The van der Waals surface area contributed by atoms with Gasteiger partial charge in [0.15, 0.2) is 11.5 Å². The molecule has 0 N–H and O–H groups in total. The van der Waals surface area contributed by atoms with E-state index in [0.717, 1.165) is 10.0 Å². The minimum atomic E-state index is 0.402. The number of rotatable bonds is 3. The van der Waals surface area contributed by atoms with Crippen molar-refractivity contribution in [3.8, 4) is 11.5 Å². The van der Waals surface area contributed by atoms with Gasteiger partial charge in [-0.25, -0.2) is 0 Å². The highest BCUT2D eigenvalue weighted by molar-refractivity contribution is 9.10. The fourth-order valence-corrected chi connectivity index (χ4v) is 1.79. The van der Waals surface area contributed by atoms with Crippen LogP contribution in [0.5, 0.6) is 11.5 Å². The lowest BCUT2D eigenvalue weighted by atomic mass is 10.2. The van der Waals surface area contributed by atoms with E-state index in [1.807, 2.05) is 12.1 Å². The molecular weight excluding hydrogens is 255 g/mol. The van der Waals surface area contributed by atoms with Gasteiger partial charge >= 0.3 is 0 Å². The Hall–Kier alpha value is -0.410. The third-order valence-corrected chi connectivity index (χ3v) is 2.41. The zero-order chi connectivity index (χ0) is 9.84. The standard InChI is InChI=1S/C9H10BrClO2/c1-12-8-4-7(10)3-6(5-11)9(8)13-2/h3-4H,5H2,1-2H3. The van der Waals surface area contributed by atoms with Gasteiger partial charge in [-0.3, -0.25) is 0 Å². The normalized spacial score (nSPS) is 9.85. The van der Waals surface area contributed by atoms with E-state index in [1.54, 1.807) is 14.2 Å². The molecule has 0 heterocycles. The third kappa shape index (κ3) is 2.29. The maximum Gasteiger partial charge on any atom is 0.165 e. The smallest absolute Gasteiger partial charge is 0.165 e. The predicted molar refractivity (Wildman–Crippen MR) is 56.8 cm³/mol. The number of methoxy groups -OCH3 is 2. The molecule has 0 amide bonds. The first-order valence-corrected chi connectivity index (χ1v) is 5.02. The molecule has 13 heavy (non-hydrogen) atoms. The number of ether oxygens (including phenoxy) is 2. The average Bonchev–Trinajstić information content (AvgIpc) is 2.16. The molecule has 0 aliphatic carbocycles. The predicted octanol–water partition coefficient (Wildman–Crippen LogP) is 3.21. The van der Waals surface area contributed by atoms with E-state index >= 15 is 0 Å². The van der Waals surface area contributed by atoms with Crippen LogP contribution in [0.2, 0.25) is 0 Å². The lowest BCUT2D eigenvalue weighted by Crippen LogP contribution is -1.94. The molecule has 72 valence electrons. The molecule has 1 aromatic carbocycles. The zero-order valence-corrected chi connectivity index (χ0v) is 9.78. The van der Waals surface area contributed by atoms with Crippen molar-refractivity contribution in [2.24, 2.45) is 0 Å². The van der Waals surface area contributed by atoms with Crippen molar-refractivity contribution in [1.82, 2.24) is 0 Å². The van der Waals surface area contributed by atoms with E-state index in [4.69, 9.17) is 21.1 Å². The van der Waals surface area contributed by atoms with Gasteiger partial charge in [-0.2, -0.15) is 0 Å². The fraction of sp³-hybridized carbons (Fsp3) is 0.333. The molecule has 0 aliphatic heterocycles. The molecule has 0 aliphatic rings. The molecule has 0 radical (unpaired) electrons. The summed E-state index contributed by atoms with van der Waals surface area (Å²) in [5, 5.41) is 0. The maximum absolute atomic E-state index is 5.76. The molecule has 0 saturated carbocycles. The summed E-state index contributed by atoms with van der Waals surface area (Å²) in [6.45, 7) is 0. The van der Waals surface area contributed by atoms with Gasteiger partial charge in [0.1, 0.15) is 0 Å². The topological polar surface area (TPSA) is 18.5 Å². The summed E-state index contributed by atoms with van der Waals surface area (Å²) in [6.07, 6.45) is 0. The Bertz CT molecular complexity index is 277. The summed E-state index contributed by atoms with van der Waals surface area (Å²) in [4.78, 5) is 0. The number of hydrogen-bond donors (Lipinski definition) is 0. The highest BCUT2D eigenvalue weighted by atomic mass is 79.9. The molecule has 0 saturated heterocycles. The van der Waals surface area contributed by atoms with E-state index in [9.17, 15) is 0 Å². The summed E-state index contributed by atoms with van der Waals surface area (Å²) >= 11 is 9.12. The van der Waals surface area contributed by atoms with Crippen LogP contribution in [0.3, 0.4) is 0 Å². The Balaban J connectivity index is 3.25. The van der Waals surface area contributed by atoms with Crippen molar-refractivity contribution in [3.05, 3.63) is 22.2 Å². The molecule has 1 rings (SSSR count). The van der Waals surface area contributed by atoms with Gasteiger partial charge in [-0.05, 0) is 12.1 Å². The van der Waals surface area contributed by atoms with Gasteiger partial charge in [0, 0.05) is 10.0 Å². The van der Waals surface area contributed by atoms with Crippen LogP contribution in [0, 0.1) is 0 Å². The zero-order valence-electron chi connectivity index (χ0n) is 7.43. The van der Waals surface area contributed by atoms with Crippen molar-refractivity contribution in [3.63, 3.8) is 0 Å². The van der Waals surface area contributed by atoms with Crippen molar-refractivity contribution in [2.45, 2.75) is 5.88 Å². The van der Waals surface area contributed by atoms with Crippen LogP contribution in [0.15, 0.2) is 16.6 Å². The summed E-state index contributed by atoms with van der Waals surface area (Å²) in [5.41, 5.74) is 0.912. The second-order valence-electron chi connectivity index (χ2n) is 2.43. The molecule has 0 aromatic heterocycles. The van der Waals surface area contributed by atoms with Crippen LogP contribution < -0.4 is 9.47 Å². The minimum absolute atomic E-state index is 0.402. The molecule has 0 bridgehead atoms. The lowest BCUT2D eigenvalue weighted by molar-refractivity contribution is 0.352. The number of hydrogen-bond acceptors (Lipinski definition) is 2. The van der Waals surface area contributed by atoms with Gasteiger partial charge in [0.25, 0.3) is 0 Å². The Labute approximate surface area is 90.9 Å². The van der Waals surface area contributed by atoms with E-state index in [1.165, 1.54) is 0 Å². The Morgan fingerprint density at radius 3 is 2.46 bits per heavy atom. The minimum Gasteiger partial charge on any atom is -0.493 e. The molecule has 2 nitrogen and oxygen atoms in total. The average molecular weight is 266 g/mol. The van der Waals surface area contributed by atoms with Gasteiger partial charge < -0.3 is 9.47 Å². The second-order valence-corrected chi connectivity index (χ2v) is 3.62. The first-order chi connectivity index (χ1) is 6.22. The summed E-state index contributed by atoms with van der Waals surface area (Å²) < 4.78 is 11.3. The summed E-state index contributed by atoms with van der Waals surface area (Å²) in [6, 6.07) is 3.75. The van der Waals surface area contributed by atoms with E-state index < -0.39 is 0 Å². The molecular formula is C9H10BrClO2. The first kappa shape index (κ1) is 10.7. The van der Waals surface area contributed by atoms with Crippen molar-refractivity contribution in [1.29, 1.82) is 0 Å². The van der Waals surface area contributed by atoms with Crippen molar-refractivity contribution < 1.29 is 9.47 Å². The fourth-order valence-electron chi connectivity index (χ4n) is 1.11. The highest BCUT2D eigenvalue weighted by Gasteiger charge is 2.10. The number of alkyl halides is 1. The van der Waals surface area contributed by atoms with Crippen LogP contribution in [0.1, 0.15) is 5.56 Å². The summed E-state index contributed by atoms with van der Waals surface area (Å²) in [5.74, 6) is 1.78. The molecule has 0 fully saturated rings. The summed E-state index contributed by atoms with van der Waals surface area (Å²) in [7, 11) is 3.20. The molecule has 1 aromatic rings. The first-order valence-electron chi connectivity index (χ1n) is 3.69. The van der Waals surface area contributed by atoms with Gasteiger partial charge in [0.2, 0.25) is 0 Å². The van der Waals surface area contributed by atoms with Crippen molar-refractivity contribution in [2.75, 3.05) is 14.2 Å². The van der Waals surface area contributed by atoms with Gasteiger partial charge in [-0.1, -0.05) is 15.9 Å². The second kappa shape index (κ2) is 4.72. The number of halogens is 2. The molecule has 0 spiro atoms. The Morgan fingerprint density at radius 2 is 2.00 bits per heavy atom. The molecule has 0 unspecified atom stereocenters. The highest BCUT2D eigenvalue weighted by Crippen LogP contribution is 2.35. The largest absolute Gasteiger partial charge is 0.493 e. The maximum atomic E-state index is 5.76. The quantitative estimate of drug-likeness (QED) is 0.781. The van der Waals surface area contributed by atoms with Gasteiger partial charge in [-0.15, -0.1) is 11.6 Å². The third-order valence-electron chi connectivity index (χ3n) is 1.66. The Kier molecular flexibility index (Phi) is 3.88. The number of benzene rings is 1. The van der Waals surface area contributed by atoms with Crippen LogP contribution in [0.25, 0.3) is 0 Å². The van der Waals surface area contributed by atoms with Crippen LogP contribution in [-0.4, -0.2) is 14.2 Å². The SMILES string of the molecule is COc1cc(Br)cc(CCl)c1OC. The van der Waals surface area contributed by atoms with Crippen LogP contribution in [0.4, 0.5) is 0 Å². The van der Waals surface area contributed by atoms with Crippen LogP contribution in [-0.2, 0) is 5.88 Å². The lowest BCUT2D eigenvalue weighted by Gasteiger charge is -2.11. The monoisotopic (exact) mass is 264 g/mol. The van der Waals surface area contributed by atoms with E-state index in [0.29, 0.717) is 17.4 Å². The molecule has 0 atom stereocenters. The molecule has 4 heteroatoms. The van der Waals surface area contributed by atoms with E-state index in [-0.39, 0.29) is 0 Å². The van der Waals surface area contributed by atoms with Crippen molar-refractivity contribution >= 4 is 27.5 Å². The Morgan fingerprint density at radius 1 is 1.31 bits per heavy atom. The van der Waals surface area contributed by atoms with Gasteiger partial charge in [0.05, 0.1) is 20.1 Å².